The molecule has 1 aliphatic rings. The normalized spacial score (nSPS) is 19.9. The number of carboxylic acids is 1. The third-order valence-corrected chi connectivity index (χ3v) is 2.86. The minimum Gasteiger partial charge on any atom is -0.481 e. The molecule has 1 N–H and O–H groups in total. The number of carboxylic acid groups (broad SMARTS) is 1. The van der Waals surface area contributed by atoms with E-state index >= 15 is 0 Å². The Morgan fingerprint density at radius 3 is 3.17 bits per heavy atom. The predicted octanol–water partition coefficient (Wildman–Crippen LogP) is 0.604. The van der Waals surface area contributed by atoms with Crippen LogP contribution in [0.2, 0.25) is 0 Å². The highest BCUT2D eigenvalue weighted by Crippen LogP contribution is 2.23. The number of morpholine rings is 1. The Balaban J connectivity index is 2.27. The van der Waals surface area contributed by atoms with Gasteiger partial charge in [0.05, 0.1) is 31.4 Å². The van der Waals surface area contributed by atoms with Crippen LogP contribution in [0.1, 0.15) is 12.1 Å². The molecular formula is C11H14FN3O3. The summed E-state index contributed by atoms with van der Waals surface area (Å²) in [5, 5.41) is 8.85. The van der Waals surface area contributed by atoms with E-state index in [0.717, 1.165) is 0 Å². The Bertz CT molecular complexity index is 455. The Kier molecular flexibility index (Phi) is 3.71. The van der Waals surface area contributed by atoms with Gasteiger partial charge < -0.3 is 14.7 Å². The molecule has 0 amide bonds. The molecule has 1 fully saturated rings. The number of rotatable bonds is 3. The molecule has 0 spiro atoms. The summed E-state index contributed by atoms with van der Waals surface area (Å²) in [6, 6.07) is -0.403. The van der Waals surface area contributed by atoms with Crippen LogP contribution < -0.4 is 4.90 Å². The zero-order valence-corrected chi connectivity index (χ0v) is 9.97. The average Bonchev–Trinajstić information content (AvgIpc) is 2.33. The quantitative estimate of drug-likeness (QED) is 0.852. The molecule has 1 atom stereocenters. The van der Waals surface area contributed by atoms with Crippen molar-refractivity contribution in [2.75, 3.05) is 24.7 Å². The molecule has 1 aromatic heterocycles. The minimum atomic E-state index is -0.943. The molecule has 0 aliphatic carbocycles. The van der Waals surface area contributed by atoms with Gasteiger partial charge in [-0.2, -0.15) is 0 Å². The number of hydrogen-bond acceptors (Lipinski definition) is 5. The van der Waals surface area contributed by atoms with E-state index in [4.69, 9.17) is 9.84 Å². The maximum absolute atomic E-state index is 13.9. The maximum Gasteiger partial charge on any atom is 0.305 e. The van der Waals surface area contributed by atoms with Crippen molar-refractivity contribution in [3.05, 3.63) is 17.8 Å². The number of anilines is 1. The first-order valence-corrected chi connectivity index (χ1v) is 5.63. The lowest BCUT2D eigenvalue weighted by molar-refractivity contribution is -0.138. The fraction of sp³-hybridized carbons (Fsp3) is 0.545. The molecular weight excluding hydrogens is 241 g/mol. The molecule has 0 aromatic carbocycles. The second kappa shape index (κ2) is 5.26. The molecule has 0 radical (unpaired) electrons. The van der Waals surface area contributed by atoms with Gasteiger partial charge in [-0.1, -0.05) is 0 Å². The number of aliphatic carboxylic acids is 1. The van der Waals surface area contributed by atoms with Crippen LogP contribution in [0.25, 0.3) is 0 Å². The van der Waals surface area contributed by atoms with Crippen molar-refractivity contribution in [1.82, 2.24) is 9.97 Å². The van der Waals surface area contributed by atoms with Crippen molar-refractivity contribution in [2.45, 2.75) is 19.4 Å². The van der Waals surface area contributed by atoms with Crippen LogP contribution in [-0.2, 0) is 9.53 Å². The van der Waals surface area contributed by atoms with Crippen LogP contribution in [0.4, 0.5) is 10.2 Å². The van der Waals surface area contributed by atoms with Crippen molar-refractivity contribution in [2.24, 2.45) is 0 Å². The van der Waals surface area contributed by atoms with E-state index in [0.29, 0.717) is 13.2 Å². The third-order valence-electron chi connectivity index (χ3n) is 2.86. The van der Waals surface area contributed by atoms with E-state index in [1.807, 2.05) is 0 Å². The van der Waals surface area contributed by atoms with Crippen molar-refractivity contribution in [3.8, 4) is 0 Å². The lowest BCUT2D eigenvalue weighted by atomic mass is 10.1. The summed E-state index contributed by atoms with van der Waals surface area (Å²) in [4.78, 5) is 20.1. The smallest absolute Gasteiger partial charge is 0.305 e. The molecule has 7 heteroatoms. The summed E-state index contributed by atoms with van der Waals surface area (Å²) in [5.74, 6) is -1.30. The van der Waals surface area contributed by atoms with Crippen LogP contribution >= 0.6 is 0 Å². The largest absolute Gasteiger partial charge is 0.481 e. The number of aromatic nitrogens is 2. The first-order chi connectivity index (χ1) is 8.59. The summed E-state index contributed by atoms with van der Waals surface area (Å²) < 4.78 is 19.2. The number of aryl methyl sites for hydroxylation is 1. The number of hydrogen-bond donors (Lipinski definition) is 1. The summed E-state index contributed by atoms with van der Waals surface area (Å²) in [6.45, 7) is 2.66. The van der Waals surface area contributed by atoms with Crippen LogP contribution in [0.5, 0.6) is 0 Å². The summed E-state index contributed by atoms with van der Waals surface area (Å²) >= 11 is 0. The molecule has 0 bridgehead atoms. The van der Waals surface area contributed by atoms with Crippen molar-refractivity contribution >= 4 is 11.8 Å². The van der Waals surface area contributed by atoms with Gasteiger partial charge in [-0.05, 0) is 6.92 Å². The van der Waals surface area contributed by atoms with E-state index in [1.165, 1.54) is 6.33 Å². The third kappa shape index (κ3) is 2.56. The molecule has 6 nitrogen and oxygen atoms in total. The average molecular weight is 255 g/mol. The molecule has 2 rings (SSSR count). The van der Waals surface area contributed by atoms with Crippen LogP contribution in [-0.4, -0.2) is 46.8 Å². The number of ether oxygens (including phenoxy) is 1. The van der Waals surface area contributed by atoms with E-state index < -0.39 is 17.8 Å². The Morgan fingerprint density at radius 1 is 1.67 bits per heavy atom. The summed E-state index contributed by atoms with van der Waals surface area (Å²) in [7, 11) is 0. The fourth-order valence-corrected chi connectivity index (χ4v) is 1.95. The van der Waals surface area contributed by atoms with Crippen LogP contribution in [0, 0.1) is 12.7 Å². The second-order valence-electron chi connectivity index (χ2n) is 4.12. The lowest BCUT2D eigenvalue weighted by Gasteiger charge is -2.35. The molecule has 18 heavy (non-hydrogen) atoms. The predicted molar refractivity (Wildman–Crippen MR) is 60.9 cm³/mol. The zero-order valence-electron chi connectivity index (χ0n) is 9.97. The highest BCUT2D eigenvalue weighted by molar-refractivity contribution is 5.68. The zero-order chi connectivity index (χ0) is 13.1. The fourth-order valence-electron chi connectivity index (χ4n) is 1.95. The molecule has 98 valence electrons. The van der Waals surface area contributed by atoms with Gasteiger partial charge in [-0.15, -0.1) is 0 Å². The van der Waals surface area contributed by atoms with Gasteiger partial charge in [0.25, 0.3) is 0 Å². The monoisotopic (exact) mass is 255 g/mol. The molecule has 2 heterocycles. The van der Waals surface area contributed by atoms with Gasteiger partial charge >= 0.3 is 5.97 Å². The summed E-state index contributed by atoms with van der Waals surface area (Å²) in [5.41, 5.74) is 0.251. The highest BCUT2D eigenvalue weighted by atomic mass is 19.1. The number of nitrogens with zero attached hydrogens (tertiary/aromatic N) is 3. The van der Waals surface area contributed by atoms with Gasteiger partial charge in [-0.25, -0.2) is 14.4 Å². The Morgan fingerprint density at radius 2 is 2.44 bits per heavy atom. The molecule has 1 unspecified atom stereocenters. The van der Waals surface area contributed by atoms with E-state index in [1.54, 1.807) is 11.8 Å². The van der Waals surface area contributed by atoms with Crippen molar-refractivity contribution in [1.29, 1.82) is 0 Å². The molecule has 1 saturated heterocycles. The van der Waals surface area contributed by atoms with Gasteiger partial charge in [0, 0.05) is 6.54 Å². The first kappa shape index (κ1) is 12.7. The van der Waals surface area contributed by atoms with Crippen LogP contribution in [0.3, 0.4) is 0 Å². The topological polar surface area (TPSA) is 75.5 Å². The van der Waals surface area contributed by atoms with Gasteiger partial charge in [0.15, 0.2) is 11.6 Å². The first-order valence-electron chi connectivity index (χ1n) is 5.63. The molecule has 1 aliphatic heterocycles. The standard InChI is InChI=1S/C11H14FN3O3/c1-7-10(12)11(14-6-13-7)15-2-3-18-5-8(15)4-9(16)17/h6,8H,2-5H2,1H3,(H,16,17). The van der Waals surface area contributed by atoms with Crippen LogP contribution in [0.15, 0.2) is 6.33 Å². The highest BCUT2D eigenvalue weighted by Gasteiger charge is 2.28. The minimum absolute atomic E-state index is 0.109. The summed E-state index contributed by atoms with van der Waals surface area (Å²) in [6.07, 6.45) is 1.17. The Hall–Kier alpha value is -1.76. The second-order valence-corrected chi connectivity index (χ2v) is 4.12. The molecule has 1 aromatic rings. The SMILES string of the molecule is Cc1ncnc(N2CCOCC2CC(=O)O)c1F. The molecule has 0 saturated carbocycles. The lowest BCUT2D eigenvalue weighted by Crippen LogP contribution is -2.47. The van der Waals surface area contributed by atoms with Crippen molar-refractivity contribution < 1.29 is 19.0 Å². The van der Waals surface area contributed by atoms with E-state index in [2.05, 4.69) is 9.97 Å². The maximum atomic E-state index is 13.9. The Labute approximate surface area is 103 Å². The van der Waals surface area contributed by atoms with Gasteiger partial charge in [0.2, 0.25) is 0 Å². The van der Waals surface area contributed by atoms with E-state index in [9.17, 15) is 9.18 Å². The number of carbonyl (C=O) groups is 1. The van der Waals surface area contributed by atoms with E-state index in [-0.39, 0.29) is 24.5 Å². The number of halogens is 1. The van der Waals surface area contributed by atoms with Crippen molar-refractivity contribution in [3.63, 3.8) is 0 Å². The van der Waals surface area contributed by atoms with Gasteiger partial charge in [-0.3, -0.25) is 4.79 Å². The van der Waals surface area contributed by atoms with Gasteiger partial charge in [0.1, 0.15) is 6.33 Å².